The van der Waals surface area contributed by atoms with E-state index in [4.69, 9.17) is 15.6 Å². The molecule has 1 aliphatic rings. The number of nitrogens with zero attached hydrogens (tertiary/aromatic N) is 4. The summed E-state index contributed by atoms with van der Waals surface area (Å²) in [5.41, 5.74) is 6.63. The molecule has 1 aliphatic heterocycles. The molecule has 2 aromatic rings. The number of nitrogen functional groups attached to an aromatic ring is 1. The van der Waals surface area contributed by atoms with Crippen LogP contribution in [0.15, 0.2) is 12.7 Å². The van der Waals surface area contributed by atoms with Gasteiger partial charge in [-0.25, -0.2) is 19.3 Å². The standard InChI is InChI=1S/C10H12FN5O2/c11-5-1-7(18-6(5)2-17)16-4-15-8-9(12)13-3-14-10(8)16/h3-7,17H,1-2H2,(H2,12,13,14)/t5-,6+,7+/m0/s1. The first kappa shape index (κ1) is 11.3. The fraction of sp³-hybridized carbons (Fsp3) is 0.500. The van der Waals surface area contributed by atoms with Crippen LogP contribution in [-0.4, -0.2) is 43.5 Å². The lowest BCUT2D eigenvalue weighted by Gasteiger charge is -2.13. The second-order valence-electron chi connectivity index (χ2n) is 4.15. The molecule has 96 valence electrons. The molecule has 0 saturated carbocycles. The van der Waals surface area contributed by atoms with Crippen LogP contribution < -0.4 is 5.73 Å². The normalized spacial score (nSPS) is 28.0. The zero-order valence-electron chi connectivity index (χ0n) is 9.40. The van der Waals surface area contributed by atoms with Crippen LogP contribution in [-0.2, 0) is 4.74 Å². The number of alkyl halides is 1. The Bertz CT molecular complexity index is 574. The van der Waals surface area contributed by atoms with Crippen molar-refractivity contribution >= 4 is 17.0 Å². The van der Waals surface area contributed by atoms with Crippen molar-refractivity contribution in [2.45, 2.75) is 24.9 Å². The first-order valence-electron chi connectivity index (χ1n) is 5.54. The lowest BCUT2D eigenvalue weighted by Crippen LogP contribution is -2.21. The first-order chi connectivity index (χ1) is 8.70. The van der Waals surface area contributed by atoms with Crippen molar-refractivity contribution < 1.29 is 14.2 Å². The van der Waals surface area contributed by atoms with Crippen molar-refractivity contribution in [3.05, 3.63) is 12.7 Å². The molecule has 0 bridgehead atoms. The van der Waals surface area contributed by atoms with E-state index in [1.165, 1.54) is 12.7 Å². The molecule has 3 rings (SSSR count). The second kappa shape index (κ2) is 4.14. The smallest absolute Gasteiger partial charge is 0.167 e. The summed E-state index contributed by atoms with van der Waals surface area (Å²) < 4.78 is 20.6. The summed E-state index contributed by atoms with van der Waals surface area (Å²) in [4.78, 5) is 12.0. The highest BCUT2D eigenvalue weighted by atomic mass is 19.1. The fourth-order valence-corrected chi connectivity index (χ4v) is 2.10. The van der Waals surface area contributed by atoms with E-state index in [0.717, 1.165) is 0 Å². The van der Waals surface area contributed by atoms with Crippen LogP contribution in [0.2, 0.25) is 0 Å². The van der Waals surface area contributed by atoms with Gasteiger partial charge in [0.05, 0.1) is 12.9 Å². The van der Waals surface area contributed by atoms with Gasteiger partial charge in [-0.05, 0) is 0 Å². The summed E-state index contributed by atoms with van der Waals surface area (Å²) >= 11 is 0. The predicted molar refractivity (Wildman–Crippen MR) is 60.2 cm³/mol. The monoisotopic (exact) mass is 253 g/mol. The number of nitrogens with two attached hydrogens (primary N) is 1. The Morgan fingerprint density at radius 3 is 3.06 bits per heavy atom. The molecule has 0 aliphatic carbocycles. The second-order valence-corrected chi connectivity index (χ2v) is 4.15. The molecule has 8 heteroatoms. The molecule has 1 fully saturated rings. The van der Waals surface area contributed by atoms with E-state index in [-0.39, 0.29) is 18.8 Å². The maximum atomic E-state index is 13.5. The zero-order valence-corrected chi connectivity index (χ0v) is 9.40. The lowest BCUT2D eigenvalue weighted by molar-refractivity contribution is -0.0323. The Hall–Kier alpha value is -1.80. The molecule has 3 atom stereocenters. The highest BCUT2D eigenvalue weighted by molar-refractivity contribution is 5.81. The molecule has 18 heavy (non-hydrogen) atoms. The average molecular weight is 253 g/mol. The van der Waals surface area contributed by atoms with Crippen LogP contribution in [0.4, 0.5) is 10.2 Å². The lowest BCUT2D eigenvalue weighted by atomic mass is 10.2. The first-order valence-corrected chi connectivity index (χ1v) is 5.54. The number of rotatable bonds is 2. The highest BCUT2D eigenvalue weighted by Gasteiger charge is 2.36. The van der Waals surface area contributed by atoms with Gasteiger partial charge in [0.2, 0.25) is 0 Å². The minimum atomic E-state index is -1.20. The third-order valence-electron chi connectivity index (χ3n) is 3.04. The zero-order chi connectivity index (χ0) is 12.7. The molecular formula is C10H12FN5O2. The van der Waals surface area contributed by atoms with Crippen molar-refractivity contribution in [3.8, 4) is 0 Å². The summed E-state index contributed by atoms with van der Waals surface area (Å²) in [6, 6.07) is 0. The SMILES string of the molecule is Nc1ncnc2c1ncn2[C@H]1C[C@H](F)[C@@H](CO)O1. The Kier molecular flexibility index (Phi) is 2.60. The number of imidazole rings is 1. The molecule has 2 aromatic heterocycles. The van der Waals surface area contributed by atoms with Crippen molar-refractivity contribution in [2.24, 2.45) is 0 Å². The van der Waals surface area contributed by atoms with Crippen LogP contribution in [0, 0.1) is 0 Å². The number of hydrogen-bond donors (Lipinski definition) is 2. The van der Waals surface area contributed by atoms with Gasteiger partial charge in [0.15, 0.2) is 11.5 Å². The number of aliphatic hydroxyl groups is 1. The van der Waals surface area contributed by atoms with Gasteiger partial charge in [-0.1, -0.05) is 0 Å². The minimum absolute atomic E-state index is 0.153. The summed E-state index contributed by atoms with van der Waals surface area (Å²) in [6.45, 7) is -0.346. The van der Waals surface area contributed by atoms with Crippen LogP contribution >= 0.6 is 0 Å². The van der Waals surface area contributed by atoms with Gasteiger partial charge < -0.3 is 15.6 Å². The molecule has 0 spiro atoms. The number of anilines is 1. The molecule has 0 unspecified atom stereocenters. The van der Waals surface area contributed by atoms with Gasteiger partial charge >= 0.3 is 0 Å². The molecule has 0 amide bonds. The Morgan fingerprint density at radius 2 is 2.33 bits per heavy atom. The average Bonchev–Trinajstić information content (AvgIpc) is 2.93. The summed E-state index contributed by atoms with van der Waals surface area (Å²) in [5, 5.41) is 8.97. The third-order valence-corrected chi connectivity index (χ3v) is 3.04. The van der Waals surface area contributed by atoms with E-state index < -0.39 is 18.5 Å². The number of fused-ring (bicyclic) bond motifs is 1. The van der Waals surface area contributed by atoms with Gasteiger partial charge in [-0.2, -0.15) is 0 Å². The Morgan fingerprint density at radius 1 is 1.50 bits per heavy atom. The molecule has 3 N–H and O–H groups in total. The number of ether oxygens (including phenoxy) is 1. The van der Waals surface area contributed by atoms with Crippen LogP contribution in [0.1, 0.15) is 12.6 Å². The third kappa shape index (κ3) is 1.61. The van der Waals surface area contributed by atoms with Crippen molar-refractivity contribution in [3.63, 3.8) is 0 Å². The Balaban J connectivity index is 1.99. The largest absolute Gasteiger partial charge is 0.394 e. The van der Waals surface area contributed by atoms with E-state index in [0.29, 0.717) is 11.2 Å². The maximum absolute atomic E-state index is 13.5. The summed E-state index contributed by atoms with van der Waals surface area (Å²) in [5.74, 6) is 0.271. The van der Waals surface area contributed by atoms with Crippen molar-refractivity contribution in [1.82, 2.24) is 19.5 Å². The molecule has 1 saturated heterocycles. The van der Waals surface area contributed by atoms with E-state index in [1.807, 2.05) is 0 Å². The summed E-state index contributed by atoms with van der Waals surface area (Å²) in [7, 11) is 0. The van der Waals surface area contributed by atoms with E-state index in [1.54, 1.807) is 4.57 Å². The van der Waals surface area contributed by atoms with E-state index in [9.17, 15) is 4.39 Å². The molecule has 3 heterocycles. The summed E-state index contributed by atoms with van der Waals surface area (Å²) in [6.07, 6.45) is 0.439. The highest BCUT2D eigenvalue weighted by Crippen LogP contribution is 2.32. The predicted octanol–water partition coefficient (Wildman–Crippen LogP) is 0.0264. The number of aromatic nitrogens is 4. The van der Waals surface area contributed by atoms with Gasteiger partial charge in [0.1, 0.15) is 30.3 Å². The van der Waals surface area contributed by atoms with Gasteiger partial charge in [0.25, 0.3) is 0 Å². The van der Waals surface area contributed by atoms with E-state index in [2.05, 4.69) is 15.0 Å². The number of halogens is 1. The quantitative estimate of drug-likeness (QED) is 0.783. The van der Waals surface area contributed by atoms with Crippen LogP contribution in [0.25, 0.3) is 11.2 Å². The fourth-order valence-electron chi connectivity index (χ4n) is 2.10. The van der Waals surface area contributed by atoms with E-state index >= 15 is 0 Å². The Labute approximate surface area is 101 Å². The van der Waals surface area contributed by atoms with Gasteiger partial charge in [0, 0.05) is 6.42 Å². The van der Waals surface area contributed by atoms with Gasteiger partial charge in [-0.15, -0.1) is 0 Å². The number of aliphatic hydroxyl groups excluding tert-OH is 1. The molecule has 0 aromatic carbocycles. The van der Waals surface area contributed by atoms with Crippen LogP contribution in [0.3, 0.4) is 0 Å². The van der Waals surface area contributed by atoms with Crippen LogP contribution in [0.5, 0.6) is 0 Å². The van der Waals surface area contributed by atoms with Crippen molar-refractivity contribution in [2.75, 3.05) is 12.3 Å². The molecular weight excluding hydrogens is 241 g/mol. The topological polar surface area (TPSA) is 99.1 Å². The van der Waals surface area contributed by atoms with Crippen molar-refractivity contribution in [1.29, 1.82) is 0 Å². The molecule has 0 radical (unpaired) electrons. The number of hydrogen-bond acceptors (Lipinski definition) is 6. The minimum Gasteiger partial charge on any atom is -0.394 e. The van der Waals surface area contributed by atoms with Gasteiger partial charge in [-0.3, -0.25) is 4.57 Å². The molecule has 7 nitrogen and oxygen atoms in total. The maximum Gasteiger partial charge on any atom is 0.167 e.